The lowest BCUT2D eigenvalue weighted by Crippen LogP contribution is -2.53. The lowest BCUT2D eigenvalue weighted by molar-refractivity contribution is -0.135. The van der Waals surface area contributed by atoms with Gasteiger partial charge in [-0.1, -0.05) is 30.3 Å². The van der Waals surface area contributed by atoms with Gasteiger partial charge in [-0.15, -0.1) is 0 Å². The molecular formula is C26H36N6O5S. The molecule has 2 aliphatic rings. The smallest absolute Gasteiger partial charge is 0.243 e. The maximum absolute atomic E-state index is 13.2. The number of sulfonamides is 1. The van der Waals surface area contributed by atoms with E-state index in [9.17, 15) is 23.1 Å². The zero-order valence-electron chi connectivity index (χ0n) is 21.3. The summed E-state index contributed by atoms with van der Waals surface area (Å²) in [4.78, 5) is 29.2. The average Bonchev–Trinajstić information content (AvgIpc) is 3.39. The van der Waals surface area contributed by atoms with Crippen LogP contribution in [0.15, 0.2) is 47.4 Å². The molecule has 2 aromatic carbocycles. The number of aliphatic hydroxyl groups is 1. The fourth-order valence-electron chi connectivity index (χ4n) is 5.24. The highest BCUT2D eigenvalue weighted by molar-refractivity contribution is 7.89. The minimum absolute atomic E-state index is 0.0156. The van der Waals surface area contributed by atoms with Crippen LogP contribution >= 0.6 is 0 Å². The number of rotatable bonds is 9. The number of fused-ring (bicyclic) bond motifs is 1. The number of likely N-dealkylation sites (tertiary alicyclic amines) is 2. The summed E-state index contributed by atoms with van der Waals surface area (Å²) < 4.78 is 28.4. The fourth-order valence-corrected chi connectivity index (χ4v) is 6.45. The summed E-state index contributed by atoms with van der Waals surface area (Å²) in [5.41, 5.74) is 5.53. The van der Waals surface area contributed by atoms with Crippen LogP contribution in [-0.4, -0.2) is 86.0 Å². The average molecular weight is 545 g/mol. The number of amides is 2. The third kappa shape index (κ3) is 6.61. The molecule has 0 unspecified atom stereocenters. The number of benzene rings is 2. The van der Waals surface area contributed by atoms with Crippen LogP contribution < -0.4 is 15.8 Å². The van der Waals surface area contributed by atoms with Gasteiger partial charge in [-0.3, -0.25) is 15.0 Å². The van der Waals surface area contributed by atoms with E-state index in [1.54, 1.807) is 21.9 Å². The first-order chi connectivity index (χ1) is 18.2. The molecule has 2 heterocycles. The van der Waals surface area contributed by atoms with Crippen molar-refractivity contribution in [1.29, 1.82) is 5.41 Å². The van der Waals surface area contributed by atoms with E-state index in [2.05, 4.69) is 10.0 Å². The lowest BCUT2D eigenvalue weighted by atomic mass is 9.93. The standard InChI is InChI=1S/C26H36N6O5S/c27-26(28)31-12-9-18(10-13-31)14-24(34)29-16-21-6-3-11-32(21)25(35)23(17-33)30-38(36,37)22-8-7-19-4-1-2-5-20(19)15-22/h1-2,4-5,7-8,15,18,21,23,30,33H,3,6,9-14,16-17H2,(H3,27,28)(H,29,34)/t21-,23-/m0/s1. The predicted octanol–water partition coefficient (Wildman–Crippen LogP) is 0.582. The number of aliphatic hydroxyl groups excluding tert-OH is 1. The van der Waals surface area contributed by atoms with E-state index in [0.29, 0.717) is 32.5 Å². The van der Waals surface area contributed by atoms with E-state index in [1.807, 2.05) is 18.2 Å². The van der Waals surface area contributed by atoms with Crippen LogP contribution in [0.3, 0.4) is 0 Å². The van der Waals surface area contributed by atoms with Crippen molar-refractivity contribution in [3.63, 3.8) is 0 Å². The molecule has 2 aromatic rings. The summed E-state index contributed by atoms with van der Waals surface area (Å²) in [6, 6.07) is 10.5. The highest BCUT2D eigenvalue weighted by Crippen LogP contribution is 2.22. The number of hydrogen-bond acceptors (Lipinski definition) is 6. The van der Waals surface area contributed by atoms with Gasteiger partial charge in [0, 0.05) is 38.6 Å². The quantitative estimate of drug-likeness (QED) is 0.227. The van der Waals surface area contributed by atoms with Gasteiger partial charge in [0.1, 0.15) is 6.04 Å². The van der Waals surface area contributed by atoms with Gasteiger partial charge in [0.2, 0.25) is 21.8 Å². The molecule has 0 saturated carbocycles. The van der Waals surface area contributed by atoms with Gasteiger partial charge in [0.15, 0.2) is 5.96 Å². The summed E-state index contributed by atoms with van der Waals surface area (Å²) in [7, 11) is -4.06. The Balaban J connectivity index is 1.32. The van der Waals surface area contributed by atoms with Crippen molar-refractivity contribution in [1.82, 2.24) is 19.8 Å². The van der Waals surface area contributed by atoms with Crippen LogP contribution in [0.2, 0.25) is 0 Å². The molecule has 0 bridgehead atoms. The summed E-state index contributed by atoms with van der Waals surface area (Å²) in [5, 5.41) is 22.0. The van der Waals surface area contributed by atoms with Crippen LogP contribution in [-0.2, 0) is 19.6 Å². The molecule has 2 saturated heterocycles. The maximum Gasteiger partial charge on any atom is 0.243 e. The van der Waals surface area contributed by atoms with Crippen molar-refractivity contribution in [3.05, 3.63) is 42.5 Å². The topological polar surface area (TPSA) is 169 Å². The van der Waals surface area contributed by atoms with E-state index in [0.717, 1.165) is 30.0 Å². The zero-order valence-corrected chi connectivity index (χ0v) is 22.1. The first-order valence-corrected chi connectivity index (χ1v) is 14.4. The van der Waals surface area contributed by atoms with Crippen LogP contribution in [0.5, 0.6) is 0 Å². The molecule has 2 aliphatic heterocycles. The SMILES string of the molecule is N=C(N)N1CCC(CC(=O)NC[C@@H]2CCCN2C(=O)[C@H](CO)NS(=O)(=O)c2ccc3ccccc3c2)CC1. The number of nitrogens with one attached hydrogen (secondary N) is 3. The Hall–Kier alpha value is -3.22. The zero-order chi connectivity index (χ0) is 27.3. The Morgan fingerprint density at radius 1 is 1.08 bits per heavy atom. The largest absolute Gasteiger partial charge is 0.394 e. The molecule has 206 valence electrons. The van der Waals surface area contributed by atoms with Gasteiger partial charge < -0.3 is 26.0 Å². The predicted molar refractivity (Wildman–Crippen MR) is 144 cm³/mol. The van der Waals surface area contributed by atoms with Crippen molar-refractivity contribution in [2.75, 3.05) is 32.8 Å². The molecule has 0 aromatic heterocycles. The number of carbonyl (C=O) groups is 2. The Bertz CT molecular complexity index is 1280. The van der Waals surface area contributed by atoms with Crippen LogP contribution in [0.4, 0.5) is 0 Å². The van der Waals surface area contributed by atoms with Gasteiger partial charge in [0.05, 0.1) is 11.5 Å². The number of carbonyl (C=O) groups excluding carboxylic acids is 2. The van der Waals surface area contributed by atoms with Crippen LogP contribution in [0.1, 0.15) is 32.1 Å². The summed E-state index contributed by atoms with van der Waals surface area (Å²) in [6.07, 6.45) is 3.36. The lowest BCUT2D eigenvalue weighted by Gasteiger charge is -2.32. The van der Waals surface area contributed by atoms with Crippen molar-refractivity contribution < 1.29 is 23.1 Å². The van der Waals surface area contributed by atoms with Crippen molar-refractivity contribution in [3.8, 4) is 0 Å². The highest BCUT2D eigenvalue weighted by atomic mass is 32.2. The number of nitrogens with two attached hydrogens (primary N) is 1. The molecule has 4 rings (SSSR count). The summed E-state index contributed by atoms with van der Waals surface area (Å²) >= 11 is 0. The first-order valence-electron chi connectivity index (χ1n) is 13.0. The molecule has 2 amide bonds. The van der Waals surface area contributed by atoms with E-state index in [1.165, 1.54) is 12.1 Å². The van der Waals surface area contributed by atoms with Crippen molar-refractivity contribution >= 4 is 38.6 Å². The van der Waals surface area contributed by atoms with Gasteiger partial charge in [-0.25, -0.2) is 8.42 Å². The number of piperidine rings is 1. The molecule has 11 nitrogen and oxygen atoms in total. The molecule has 38 heavy (non-hydrogen) atoms. The minimum atomic E-state index is -4.06. The van der Waals surface area contributed by atoms with Gasteiger partial charge in [0.25, 0.3) is 0 Å². The molecule has 12 heteroatoms. The fraction of sp³-hybridized carbons (Fsp3) is 0.500. The highest BCUT2D eigenvalue weighted by Gasteiger charge is 2.35. The summed E-state index contributed by atoms with van der Waals surface area (Å²) in [6.45, 7) is 1.34. The van der Waals surface area contributed by atoms with Crippen molar-refractivity contribution in [2.45, 2.75) is 49.1 Å². The Kier molecular flexibility index (Phi) is 8.85. The third-order valence-electron chi connectivity index (χ3n) is 7.43. The van der Waals surface area contributed by atoms with E-state index in [4.69, 9.17) is 11.1 Å². The second-order valence-corrected chi connectivity index (χ2v) is 11.7. The third-order valence-corrected chi connectivity index (χ3v) is 8.90. The number of nitrogens with zero attached hydrogens (tertiary/aromatic N) is 2. The molecule has 2 atom stereocenters. The second kappa shape index (κ2) is 12.1. The van der Waals surface area contributed by atoms with Gasteiger partial charge >= 0.3 is 0 Å². The molecule has 6 N–H and O–H groups in total. The Morgan fingerprint density at radius 2 is 1.79 bits per heavy atom. The monoisotopic (exact) mass is 544 g/mol. The molecular weight excluding hydrogens is 508 g/mol. The number of hydrogen-bond donors (Lipinski definition) is 5. The maximum atomic E-state index is 13.2. The van der Waals surface area contributed by atoms with Crippen LogP contribution in [0.25, 0.3) is 10.8 Å². The summed E-state index contributed by atoms with van der Waals surface area (Å²) in [5.74, 6) is -0.332. The Labute approximate surface area is 222 Å². The second-order valence-electron chi connectivity index (χ2n) is 10.0. The normalized spacial score (nSPS) is 19.4. The van der Waals surface area contributed by atoms with Crippen molar-refractivity contribution in [2.24, 2.45) is 11.7 Å². The number of guanidine groups is 1. The van der Waals surface area contributed by atoms with E-state index in [-0.39, 0.29) is 35.3 Å². The first kappa shape index (κ1) is 27.8. The molecule has 2 fully saturated rings. The van der Waals surface area contributed by atoms with Crippen LogP contribution in [0, 0.1) is 11.3 Å². The Morgan fingerprint density at radius 3 is 2.47 bits per heavy atom. The van der Waals surface area contributed by atoms with E-state index >= 15 is 0 Å². The van der Waals surface area contributed by atoms with Gasteiger partial charge in [-0.05, 0) is 54.5 Å². The van der Waals surface area contributed by atoms with Gasteiger partial charge in [-0.2, -0.15) is 4.72 Å². The molecule has 0 spiro atoms. The minimum Gasteiger partial charge on any atom is -0.394 e. The van der Waals surface area contributed by atoms with E-state index < -0.39 is 28.6 Å². The molecule has 0 radical (unpaired) electrons. The molecule has 0 aliphatic carbocycles.